The average molecular weight is 346 g/mol. The molecule has 2 rings (SSSR count). The molecule has 1 atom stereocenters. The van der Waals surface area contributed by atoms with Gasteiger partial charge in [0.2, 0.25) is 10.0 Å². The normalized spacial score (nSPS) is 20.3. The van der Waals surface area contributed by atoms with Gasteiger partial charge in [0.15, 0.2) is 0 Å². The standard InChI is InChI=1S/C11H14Cl2N2O2S.ClH/c12-10-2-1-8(5-11(10)13)7-18(16,17)15-4-3-9(14)6-15;/h1-2,5,9H,3-4,6-7,14H2;1H/t9-;/m1./s1. The molecule has 0 saturated carbocycles. The molecule has 0 aliphatic carbocycles. The highest BCUT2D eigenvalue weighted by Crippen LogP contribution is 2.24. The van der Waals surface area contributed by atoms with E-state index in [1.54, 1.807) is 18.2 Å². The summed E-state index contributed by atoms with van der Waals surface area (Å²) in [6.07, 6.45) is 0.709. The number of hydrogen-bond donors (Lipinski definition) is 1. The molecule has 0 aromatic heterocycles. The van der Waals surface area contributed by atoms with Crippen molar-refractivity contribution in [2.75, 3.05) is 13.1 Å². The maximum atomic E-state index is 12.1. The first-order chi connectivity index (χ1) is 8.38. The van der Waals surface area contributed by atoms with Crippen LogP contribution in [-0.4, -0.2) is 31.9 Å². The lowest BCUT2D eigenvalue weighted by molar-refractivity contribution is 0.471. The van der Waals surface area contributed by atoms with Crippen LogP contribution < -0.4 is 5.73 Å². The second kappa shape index (κ2) is 6.61. The predicted octanol–water partition coefficient (Wildman–Crippen LogP) is 2.28. The Morgan fingerprint density at radius 1 is 1.32 bits per heavy atom. The third-order valence-electron chi connectivity index (χ3n) is 2.91. The fraction of sp³-hybridized carbons (Fsp3) is 0.455. The number of nitrogens with zero attached hydrogens (tertiary/aromatic N) is 1. The van der Waals surface area contributed by atoms with Crippen molar-refractivity contribution in [3.05, 3.63) is 33.8 Å². The lowest BCUT2D eigenvalue weighted by atomic mass is 10.2. The maximum Gasteiger partial charge on any atom is 0.218 e. The molecule has 1 saturated heterocycles. The van der Waals surface area contributed by atoms with Crippen LogP contribution in [0.25, 0.3) is 0 Å². The maximum absolute atomic E-state index is 12.1. The van der Waals surface area contributed by atoms with E-state index in [4.69, 9.17) is 28.9 Å². The first-order valence-corrected chi connectivity index (χ1v) is 7.92. The fourth-order valence-corrected chi connectivity index (χ4v) is 3.84. The van der Waals surface area contributed by atoms with Gasteiger partial charge in [-0.2, -0.15) is 0 Å². The van der Waals surface area contributed by atoms with Crippen LogP contribution >= 0.6 is 35.6 Å². The van der Waals surface area contributed by atoms with Gasteiger partial charge in [-0.1, -0.05) is 29.3 Å². The summed E-state index contributed by atoms with van der Waals surface area (Å²) in [6, 6.07) is 4.79. The van der Waals surface area contributed by atoms with E-state index in [2.05, 4.69) is 0 Å². The minimum Gasteiger partial charge on any atom is -0.326 e. The third kappa shape index (κ3) is 4.21. The van der Waals surface area contributed by atoms with Gasteiger partial charge in [0.25, 0.3) is 0 Å². The topological polar surface area (TPSA) is 63.4 Å². The van der Waals surface area contributed by atoms with Crippen LogP contribution in [0.15, 0.2) is 18.2 Å². The van der Waals surface area contributed by atoms with E-state index in [0.717, 1.165) is 0 Å². The highest BCUT2D eigenvalue weighted by molar-refractivity contribution is 7.88. The molecule has 1 aromatic carbocycles. The average Bonchev–Trinajstić information content (AvgIpc) is 2.71. The van der Waals surface area contributed by atoms with E-state index < -0.39 is 10.0 Å². The summed E-state index contributed by atoms with van der Waals surface area (Å²) in [7, 11) is -3.32. The molecule has 8 heteroatoms. The molecule has 1 aliphatic rings. The molecule has 1 aliphatic heterocycles. The van der Waals surface area contributed by atoms with Crippen molar-refractivity contribution in [2.45, 2.75) is 18.2 Å². The monoisotopic (exact) mass is 344 g/mol. The van der Waals surface area contributed by atoms with Gasteiger partial charge < -0.3 is 5.73 Å². The van der Waals surface area contributed by atoms with Gasteiger partial charge in [-0.05, 0) is 24.1 Å². The Balaban J connectivity index is 0.00000180. The molecule has 0 amide bonds. The minimum atomic E-state index is -3.32. The first-order valence-electron chi connectivity index (χ1n) is 5.56. The fourth-order valence-electron chi connectivity index (χ4n) is 1.94. The summed E-state index contributed by atoms with van der Waals surface area (Å²) in [5, 5.41) is 0.781. The zero-order chi connectivity index (χ0) is 13.3. The molecule has 0 unspecified atom stereocenters. The SMILES string of the molecule is Cl.N[C@@H]1CCN(S(=O)(=O)Cc2ccc(Cl)c(Cl)c2)C1. The van der Waals surface area contributed by atoms with E-state index in [-0.39, 0.29) is 24.2 Å². The summed E-state index contributed by atoms with van der Waals surface area (Å²) >= 11 is 11.7. The van der Waals surface area contributed by atoms with Crippen LogP contribution in [0.4, 0.5) is 0 Å². The van der Waals surface area contributed by atoms with E-state index in [1.807, 2.05) is 0 Å². The van der Waals surface area contributed by atoms with Crippen molar-refractivity contribution in [1.29, 1.82) is 0 Å². The minimum absolute atomic E-state index is 0. The predicted molar refractivity (Wildman–Crippen MR) is 80.5 cm³/mol. The third-order valence-corrected chi connectivity index (χ3v) is 5.47. The zero-order valence-electron chi connectivity index (χ0n) is 10.1. The smallest absolute Gasteiger partial charge is 0.218 e. The molecule has 1 heterocycles. The van der Waals surface area contributed by atoms with Crippen molar-refractivity contribution in [3.8, 4) is 0 Å². The van der Waals surface area contributed by atoms with Crippen LogP contribution in [0.1, 0.15) is 12.0 Å². The molecule has 1 aromatic rings. The number of benzene rings is 1. The summed E-state index contributed by atoms with van der Waals surface area (Å²) in [5.41, 5.74) is 6.34. The summed E-state index contributed by atoms with van der Waals surface area (Å²) < 4.78 is 25.7. The molecule has 1 fully saturated rings. The highest BCUT2D eigenvalue weighted by Gasteiger charge is 2.29. The molecule has 19 heavy (non-hydrogen) atoms. The van der Waals surface area contributed by atoms with Crippen LogP contribution in [-0.2, 0) is 15.8 Å². The van der Waals surface area contributed by atoms with Crippen LogP contribution in [0.3, 0.4) is 0 Å². The highest BCUT2D eigenvalue weighted by atomic mass is 35.5. The summed E-state index contributed by atoms with van der Waals surface area (Å²) in [6.45, 7) is 0.883. The largest absolute Gasteiger partial charge is 0.326 e. The number of nitrogens with two attached hydrogens (primary N) is 1. The van der Waals surface area contributed by atoms with E-state index >= 15 is 0 Å². The van der Waals surface area contributed by atoms with Crippen molar-refractivity contribution in [1.82, 2.24) is 4.31 Å². The Labute approximate surface area is 129 Å². The number of hydrogen-bond acceptors (Lipinski definition) is 3. The quantitative estimate of drug-likeness (QED) is 0.914. The van der Waals surface area contributed by atoms with E-state index in [9.17, 15) is 8.42 Å². The Hall–Kier alpha value is -0.0400. The number of sulfonamides is 1. The summed E-state index contributed by atoms with van der Waals surface area (Å²) in [5.74, 6) is -0.0728. The van der Waals surface area contributed by atoms with Crippen LogP contribution in [0, 0.1) is 0 Å². The lowest BCUT2D eigenvalue weighted by Gasteiger charge is -2.16. The van der Waals surface area contributed by atoms with Gasteiger partial charge in [-0.3, -0.25) is 0 Å². The molecular weight excluding hydrogens is 331 g/mol. The molecule has 0 bridgehead atoms. The van der Waals surface area contributed by atoms with E-state index in [1.165, 1.54) is 4.31 Å². The van der Waals surface area contributed by atoms with Gasteiger partial charge in [0, 0.05) is 19.1 Å². The molecule has 0 spiro atoms. The molecule has 2 N–H and O–H groups in total. The van der Waals surface area contributed by atoms with Crippen molar-refractivity contribution < 1.29 is 8.42 Å². The lowest BCUT2D eigenvalue weighted by Crippen LogP contribution is -2.32. The van der Waals surface area contributed by atoms with Crippen LogP contribution in [0.5, 0.6) is 0 Å². The molecule has 108 valence electrons. The van der Waals surface area contributed by atoms with Crippen LogP contribution in [0.2, 0.25) is 10.0 Å². The van der Waals surface area contributed by atoms with Gasteiger partial charge in [0.05, 0.1) is 15.8 Å². The van der Waals surface area contributed by atoms with Gasteiger partial charge >= 0.3 is 0 Å². The van der Waals surface area contributed by atoms with Gasteiger partial charge in [-0.15, -0.1) is 12.4 Å². The van der Waals surface area contributed by atoms with Crippen molar-refractivity contribution >= 4 is 45.6 Å². The van der Waals surface area contributed by atoms with Gasteiger partial charge in [-0.25, -0.2) is 12.7 Å². The number of rotatable bonds is 3. The molecule has 4 nitrogen and oxygen atoms in total. The summed E-state index contributed by atoms with van der Waals surface area (Å²) in [4.78, 5) is 0. The Bertz CT molecular complexity index is 551. The number of halogens is 3. The molecular formula is C11H15Cl3N2O2S. The Morgan fingerprint density at radius 2 is 2.00 bits per heavy atom. The zero-order valence-corrected chi connectivity index (χ0v) is 13.2. The second-order valence-electron chi connectivity index (χ2n) is 4.41. The Kier molecular flexibility index (Phi) is 5.92. The molecule has 0 radical (unpaired) electrons. The second-order valence-corrected chi connectivity index (χ2v) is 7.19. The Morgan fingerprint density at radius 3 is 2.53 bits per heavy atom. The first kappa shape index (κ1) is 17.0. The van der Waals surface area contributed by atoms with Gasteiger partial charge in [0.1, 0.15) is 0 Å². The van der Waals surface area contributed by atoms with Crippen molar-refractivity contribution in [3.63, 3.8) is 0 Å². The van der Waals surface area contributed by atoms with Crippen molar-refractivity contribution in [2.24, 2.45) is 5.73 Å². The van der Waals surface area contributed by atoms with E-state index in [0.29, 0.717) is 35.1 Å².